The molecule has 4 heteroatoms. The molecule has 0 atom stereocenters. The van der Waals surface area contributed by atoms with Gasteiger partial charge in [0.15, 0.2) is 11.9 Å². The van der Waals surface area contributed by atoms with Crippen LogP contribution in [0.3, 0.4) is 0 Å². The Bertz CT molecular complexity index is 476. The molecule has 0 saturated heterocycles. The average Bonchev–Trinajstić information content (AvgIpc) is 2.47. The van der Waals surface area contributed by atoms with Crippen molar-refractivity contribution in [2.75, 3.05) is 0 Å². The first-order valence-corrected chi connectivity index (χ1v) is 4.11. The van der Waals surface area contributed by atoms with Gasteiger partial charge in [-0.05, 0) is 19.1 Å². The number of carbonyl (C=O) groups is 1. The summed E-state index contributed by atoms with van der Waals surface area (Å²) in [6.07, 6.45) is 0.707. The SMILES string of the molecule is Cc1noc2c(C=O)cc(Cl)cc12. The highest BCUT2D eigenvalue weighted by atomic mass is 35.5. The Morgan fingerprint density at radius 2 is 2.31 bits per heavy atom. The summed E-state index contributed by atoms with van der Waals surface area (Å²) in [7, 11) is 0. The molecule has 0 bridgehead atoms. The second-order valence-electron chi connectivity index (χ2n) is 2.76. The van der Waals surface area contributed by atoms with Gasteiger partial charge in [0.25, 0.3) is 0 Å². The molecule has 3 nitrogen and oxygen atoms in total. The number of fused-ring (bicyclic) bond motifs is 1. The van der Waals surface area contributed by atoms with Gasteiger partial charge >= 0.3 is 0 Å². The first-order valence-electron chi connectivity index (χ1n) is 3.73. The van der Waals surface area contributed by atoms with Crippen molar-refractivity contribution in [3.8, 4) is 0 Å². The van der Waals surface area contributed by atoms with E-state index in [1.54, 1.807) is 19.1 Å². The topological polar surface area (TPSA) is 43.1 Å². The van der Waals surface area contributed by atoms with Gasteiger partial charge in [0.2, 0.25) is 0 Å². The largest absolute Gasteiger partial charge is 0.355 e. The van der Waals surface area contributed by atoms with Gasteiger partial charge in [0.05, 0.1) is 11.3 Å². The first kappa shape index (κ1) is 8.26. The number of aldehydes is 1. The number of rotatable bonds is 1. The normalized spacial score (nSPS) is 10.6. The summed E-state index contributed by atoms with van der Waals surface area (Å²) in [5.41, 5.74) is 1.67. The summed E-state index contributed by atoms with van der Waals surface area (Å²) in [6.45, 7) is 1.80. The highest BCUT2D eigenvalue weighted by molar-refractivity contribution is 6.31. The predicted molar refractivity (Wildman–Crippen MR) is 49.1 cm³/mol. The lowest BCUT2D eigenvalue weighted by atomic mass is 10.1. The summed E-state index contributed by atoms with van der Waals surface area (Å²) in [6, 6.07) is 3.29. The maximum atomic E-state index is 10.6. The van der Waals surface area contributed by atoms with Crippen molar-refractivity contribution in [3.05, 3.63) is 28.4 Å². The number of benzene rings is 1. The molecule has 1 aromatic carbocycles. The molecule has 0 spiro atoms. The zero-order chi connectivity index (χ0) is 9.42. The molecular formula is C9H6ClNO2. The monoisotopic (exact) mass is 195 g/mol. The quantitative estimate of drug-likeness (QED) is 0.657. The highest BCUT2D eigenvalue weighted by Crippen LogP contribution is 2.25. The number of aryl methyl sites for hydroxylation is 1. The van der Waals surface area contributed by atoms with E-state index < -0.39 is 0 Å². The Morgan fingerprint density at radius 1 is 1.54 bits per heavy atom. The van der Waals surface area contributed by atoms with Crippen LogP contribution in [-0.2, 0) is 0 Å². The Labute approximate surface area is 79.3 Å². The van der Waals surface area contributed by atoms with Crippen molar-refractivity contribution in [2.45, 2.75) is 6.92 Å². The third-order valence-corrected chi connectivity index (χ3v) is 2.09. The lowest BCUT2D eigenvalue weighted by molar-refractivity contribution is 0.112. The van der Waals surface area contributed by atoms with Crippen LogP contribution < -0.4 is 0 Å². The Morgan fingerprint density at radius 3 is 3.00 bits per heavy atom. The van der Waals surface area contributed by atoms with E-state index in [-0.39, 0.29) is 0 Å². The molecule has 0 saturated carbocycles. The maximum absolute atomic E-state index is 10.6. The summed E-state index contributed by atoms with van der Waals surface area (Å²) in [5.74, 6) is 0. The van der Waals surface area contributed by atoms with Gasteiger partial charge in [-0.3, -0.25) is 4.79 Å². The third-order valence-electron chi connectivity index (χ3n) is 1.87. The zero-order valence-electron chi connectivity index (χ0n) is 6.87. The standard InChI is InChI=1S/C9H6ClNO2/c1-5-8-3-7(10)2-6(4-12)9(8)13-11-5/h2-4H,1H3. The van der Waals surface area contributed by atoms with Crippen molar-refractivity contribution in [3.63, 3.8) is 0 Å². The number of carbonyl (C=O) groups excluding carboxylic acids is 1. The molecule has 66 valence electrons. The molecule has 0 aliphatic carbocycles. The molecular weight excluding hydrogens is 190 g/mol. The van der Waals surface area contributed by atoms with E-state index in [4.69, 9.17) is 16.1 Å². The molecule has 0 aliphatic heterocycles. The van der Waals surface area contributed by atoms with Gasteiger partial charge in [-0.2, -0.15) is 0 Å². The van der Waals surface area contributed by atoms with E-state index in [2.05, 4.69) is 5.16 Å². The predicted octanol–water partition coefficient (Wildman–Crippen LogP) is 2.60. The maximum Gasteiger partial charge on any atom is 0.177 e. The fourth-order valence-electron chi connectivity index (χ4n) is 1.24. The summed E-state index contributed by atoms with van der Waals surface area (Å²) in [5, 5.41) is 5.05. The van der Waals surface area contributed by atoms with Crippen LogP contribution in [0.4, 0.5) is 0 Å². The van der Waals surface area contributed by atoms with Crippen LogP contribution in [0.2, 0.25) is 5.02 Å². The second kappa shape index (κ2) is 2.85. The molecule has 2 aromatic rings. The van der Waals surface area contributed by atoms with Crippen molar-refractivity contribution < 1.29 is 9.32 Å². The van der Waals surface area contributed by atoms with Crippen LogP contribution in [0, 0.1) is 6.92 Å². The van der Waals surface area contributed by atoms with Crippen LogP contribution in [-0.4, -0.2) is 11.4 Å². The second-order valence-corrected chi connectivity index (χ2v) is 3.19. The molecule has 0 aliphatic rings. The summed E-state index contributed by atoms with van der Waals surface area (Å²) >= 11 is 5.80. The van der Waals surface area contributed by atoms with E-state index in [1.165, 1.54) is 0 Å². The van der Waals surface area contributed by atoms with Gasteiger partial charge in [0.1, 0.15) is 0 Å². The van der Waals surface area contributed by atoms with Gasteiger partial charge in [-0.1, -0.05) is 16.8 Å². The number of halogens is 1. The lowest BCUT2D eigenvalue weighted by Crippen LogP contribution is -1.80. The van der Waals surface area contributed by atoms with Crippen molar-refractivity contribution in [2.24, 2.45) is 0 Å². The van der Waals surface area contributed by atoms with Gasteiger partial charge in [-0.25, -0.2) is 0 Å². The lowest BCUT2D eigenvalue weighted by Gasteiger charge is -1.93. The highest BCUT2D eigenvalue weighted by Gasteiger charge is 2.09. The van der Waals surface area contributed by atoms with Gasteiger partial charge in [0, 0.05) is 10.4 Å². The van der Waals surface area contributed by atoms with Gasteiger partial charge < -0.3 is 4.52 Å². The molecule has 2 rings (SSSR count). The molecule has 0 unspecified atom stereocenters. The average molecular weight is 196 g/mol. The molecule has 0 N–H and O–H groups in total. The molecule has 0 fully saturated rings. The van der Waals surface area contributed by atoms with Crippen LogP contribution in [0.1, 0.15) is 16.1 Å². The fraction of sp³-hybridized carbons (Fsp3) is 0.111. The van der Waals surface area contributed by atoms with E-state index in [0.717, 1.165) is 11.1 Å². The van der Waals surface area contributed by atoms with Crippen molar-refractivity contribution in [1.82, 2.24) is 5.16 Å². The van der Waals surface area contributed by atoms with Crippen molar-refractivity contribution >= 4 is 28.9 Å². The molecule has 1 aromatic heterocycles. The summed E-state index contributed by atoms with van der Waals surface area (Å²) in [4.78, 5) is 10.6. The van der Waals surface area contributed by atoms with Crippen molar-refractivity contribution in [1.29, 1.82) is 0 Å². The minimum Gasteiger partial charge on any atom is -0.355 e. The Hall–Kier alpha value is -1.35. The van der Waals surface area contributed by atoms with Crippen LogP contribution in [0.25, 0.3) is 11.0 Å². The van der Waals surface area contributed by atoms with E-state index >= 15 is 0 Å². The smallest absolute Gasteiger partial charge is 0.177 e. The fourth-order valence-corrected chi connectivity index (χ4v) is 1.46. The number of hydrogen-bond donors (Lipinski definition) is 0. The molecule has 0 amide bonds. The van der Waals surface area contributed by atoms with Crippen LogP contribution >= 0.6 is 11.6 Å². The Kier molecular flexibility index (Phi) is 1.81. The minimum atomic E-state index is 0.433. The van der Waals surface area contributed by atoms with E-state index in [1.807, 2.05) is 0 Å². The zero-order valence-corrected chi connectivity index (χ0v) is 7.63. The molecule has 0 radical (unpaired) electrons. The molecule has 13 heavy (non-hydrogen) atoms. The van der Waals surface area contributed by atoms with Crippen LogP contribution in [0.5, 0.6) is 0 Å². The minimum absolute atomic E-state index is 0.433. The van der Waals surface area contributed by atoms with Gasteiger partial charge in [-0.15, -0.1) is 0 Å². The Balaban J connectivity index is 2.91. The number of hydrogen-bond acceptors (Lipinski definition) is 3. The number of nitrogens with zero attached hydrogens (tertiary/aromatic N) is 1. The summed E-state index contributed by atoms with van der Waals surface area (Å²) < 4.78 is 4.99. The van der Waals surface area contributed by atoms with E-state index in [0.29, 0.717) is 22.5 Å². The van der Waals surface area contributed by atoms with Crippen LogP contribution in [0.15, 0.2) is 16.7 Å². The number of aromatic nitrogens is 1. The molecule has 1 heterocycles. The first-order chi connectivity index (χ1) is 6.22. The van der Waals surface area contributed by atoms with E-state index in [9.17, 15) is 4.79 Å². The third kappa shape index (κ3) is 1.21.